The molecule has 0 spiro atoms. The van der Waals surface area contributed by atoms with E-state index in [0.29, 0.717) is 17.7 Å². The van der Waals surface area contributed by atoms with Gasteiger partial charge >= 0.3 is 0 Å². The summed E-state index contributed by atoms with van der Waals surface area (Å²) in [4.78, 5) is 14.4. The van der Waals surface area contributed by atoms with Gasteiger partial charge in [0.25, 0.3) is 0 Å². The minimum absolute atomic E-state index is 0. The number of halogens is 1. The molecule has 1 unspecified atom stereocenters. The highest BCUT2D eigenvalue weighted by molar-refractivity contribution is 14.0. The van der Waals surface area contributed by atoms with E-state index in [-0.39, 0.29) is 24.0 Å². The van der Waals surface area contributed by atoms with Crippen molar-refractivity contribution in [2.24, 2.45) is 10.9 Å². The molecule has 1 N–H and O–H groups in total. The minimum atomic E-state index is 0. The van der Waals surface area contributed by atoms with E-state index in [9.17, 15) is 0 Å². The summed E-state index contributed by atoms with van der Waals surface area (Å²) in [7, 11) is 0. The van der Waals surface area contributed by atoms with Crippen molar-refractivity contribution in [2.45, 2.75) is 32.6 Å². The molecule has 1 aromatic rings. The first-order chi connectivity index (χ1) is 13.2. The van der Waals surface area contributed by atoms with Gasteiger partial charge in [0.1, 0.15) is 5.82 Å². The number of thioether (sulfide) groups is 1. The Kier molecular flexibility index (Phi) is 10.1. The molecule has 0 amide bonds. The Balaban J connectivity index is 0.00000280. The Labute approximate surface area is 190 Å². The Morgan fingerprint density at radius 2 is 2.14 bits per heavy atom. The lowest BCUT2D eigenvalue weighted by Crippen LogP contribution is -2.49. The number of anilines is 1. The molecule has 3 rings (SSSR count). The third kappa shape index (κ3) is 6.38. The zero-order chi connectivity index (χ0) is 19.1. The van der Waals surface area contributed by atoms with Gasteiger partial charge in [-0.15, -0.1) is 24.0 Å². The quantitative estimate of drug-likeness (QED) is 0.367. The van der Waals surface area contributed by atoms with Gasteiger partial charge in [0.15, 0.2) is 5.96 Å². The van der Waals surface area contributed by atoms with E-state index >= 15 is 0 Å². The minimum Gasteiger partial charge on any atom is -0.378 e. The number of nitrogens with zero attached hydrogens (tertiary/aromatic N) is 4. The van der Waals surface area contributed by atoms with Crippen LogP contribution in [0.2, 0.25) is 0 Å². The average Bonchev–Trinajstić information content (AvgIpc) is 2.72. The number of aromatic nitrogens is 1. The number of guanidine groups is 1. The van der Waals surface area contributed by atoms with E-state index in [1.165, 1.54) is 11.3 Å². The molecule has 158 valence electrons. The molecule has 2 fully saturated rings. The van der Waals surface area contributed by atoms with Gasteiger partial charge in [-0.05, 0) is 18.9 Å². The molecule has 1 atom stereocenters. The maximum absolute atomic E-state index is 5.48. The van der Waals surface area contributed by atoms with Gasteiger partial charge < -0.3 is 19.9 Å². The van der Waals surface area contributed by atoms with Crippen LogP contribution in [0, 0.1) is 5.92 Å². The van der Waals surface area contributed by atoms with Crippen LogP contribution in [0.4, 0.5) is 5.82 Å². The Bertz CT molecular complexity index is 624. The summed E-state index contributed by atoms with van der Waals surface area (Å²) in [6, 6.07) is 4.15. The molecule has 2 aliphatic rings. The summed E-state index contributed by atoms with van der Waals surface area (Å²) >= 11 is 2.09. The van der Waals surface area contributed by atoms with Gasteiger partial charge in [0.2, 0.25) is 0 Å². The fourth-order valence-electron chi connectivity index (χ4n) is 3.47. The van der Waals surface area contributed by atoms with Crippen LogP contribution in [-0.4, -0.2) is 72.8 Å². The molecule has 1 aromatic heterocycles. The molecule has 0 bridgehead atoms. The SMILES string of the molecule is CCNC(=NCc1cccnc1N1CCOCC1)N1CCSC(C(C)C)C1.I. The number of hydrogen-bond acceptors (Lipinski definition) is 5. The topological polar surface area (TPSA) is 53.0 Å². The largest absolute Gasteiger partial charge is 0.378 e. The van der Waals surface area contributed by atoms with Crippen LogP contribution < -0.4 is 10.2 Å². The van der Waals surface area contributed by atoms with Crippen molar-refractivity contribution in [3.05, 3.63) is 23.9 Å². The van der Waals surface area contributed by atoms with Gasteiger partial charge in [-0.25, -0.2) is 9.98 Å². The monoisotopic (exact) mass is 519 g/mol. The lowest BCUT2D eigenvalue weighted by Gasteiger charge is -2.36. The molecule has 0 saturated carbocycles. The Hall–Kier alpha value is -0.740. The van der Waals surface area contributed by atoms with Crippen LogP contribution in [0.1, 0.15) is 26.3 Å². The van der Waals surface area contributed by atoms with E-state index in [2.05, 4.69) is 58.7 Å². The van der Waals surface area contributed by atoms with Gasteiger partial charge in [-0.2, -0.15) is 11.8 Å². The maximum atomic E-state index is 5.48. The molecule has 2 aliphatic heterocycles. The zero-order valence-electron chi connectivity index (χ0n) is 17.3. The van der Waals surface area contributed by atoms with Crippen molar-refractivity contribution in [3.8, 4) is 0 Å². The normalized spacial score (nSPS) is 20.9. The second-order valence-electron chi connectivity index (χ2n) is 7.35. The van der Waals surface area contributed by atoms with Crippen molar-refractivity contribution in [3.63, 3.8) is 0 Å². The first-order valence-corrected chi connectivity index (χ1v) is 11.2. The van der Waals surface area contributed by atoms with Crippen molar-refractivity contribution in [1.82, 2.24) is 15.2 Å². The third-order valence-electron chi connectivity index (χ3n) is 5.05. The fourth-order valence-corrected chi connectivity index (χ4v) is 4.77. The lowest BCUT2D eigenvalue weighted by molar-refractivity contribution is 0.122. The van der Waals surface area contributed by atoms with Crippen molar-refractivity contribution in [2.75, 3.05) is 56.6 Å². The summed E-state index contributed by atoms with van der Waals surface area (Å²) in [5.41, 5.74) is 1.18. The third-order valence-corrected chi connectivity index (χ3v) is 6.59. The van der Waals surface area contributed by atoms with E-state index in [1.54, 1.807) is 0 Å². The summed E-state index contributed by atoms with van der Waals surface area (Å²) in [6.07, 6.45) is 1.87. The number of hydrogen-bond donors (Lipinski definition) is 1. The highest BCUT2D eigenvalue weighted by Crippen LogP contribution is 2.25. The van der Waals surface area contributed by atoms with Crippen LogP contribution in [0.15, 0.2) is 23.3 Å². The van der Waals surface area contributed by atoms with Crippen molar-refractivity contribution >= 4 is 47.5 Å². The molecule has 0 aliphatic carbocycles. The molecule has 28 heavy (non-hydrogen) atoms. The molecule has 0 aromatic carbocycles. The van der Waals surface area contributed by atoms with Crippen LogP contribution in [0.25, 0.3) is 0 Å². The first kappa shape index (κ1) is 23.5. The molecule has 3 heterocycles. The molecular weight excluding hydrogens is 485 g/mol. The number of ether oxygens (including phenoxy) is 1. The molecule has 2 saturated heterocycles. The summed E-state index contributed by atoms with van der Waals surface area (Å²) in [5.74, 6) is 3.93. The highest BCUT2D eigenvalue weighted by Gasteiger charge is 2.25. The van der Waals surface area contributed by atoms with Crippen LogP contribution in [0.3, 0.4) is 0 Å². The molecule has 8 heteroatoms. The second-order valence-corrected chi connectivity index (χ2v) is 8.70. The first-order valence-electron chi connectivity index (χ1n) is 10.1. The van der Waals surface area contributed by atoms with Crippen LogP contribution >= 0.6 is 35.7 Å². The zero-order valence-corrected chi connectivity index (χ0v) is 20.4. The van der Waals surface area contributed by atoms with E-state index in [4.69, 9.17) is 9.73 Å². The van der Waals surface area contributed by atoms with Gasteiger partial charge in [-0.3, -0.25) is 0 Å². The standard InChI is InChI=1S/C20H33N5OS.HI/c1-4-21-20(25-10-13-27-18(15-25)16(2)3)23-14-17-6-5-7-22-19(17)24-8-11-26-12-9-24;/h5-7,16,18H,4,8-15H2,1-3H3,(H,21,23);1H. The molecular formula is C20H34IN5OS. The number of nitrogens with one attached hydrogen (secondary N) is 1. The summed E-state index contributed by atoms with van der Waals surface area (Å²) < 4.78 is 5.48. The highest BCUT2D eigenvalue weighted by atomic mass is 127. The molecule has 0 radical (unpaired) electrons. The number of morpholine rings is 1. The van der Waals surface area contributed by atoms with Crippen LogP contribution in [0.5, 0.6) is 0 Å². The van der Waals surface area contributed by atoms with E-state index in [1.807, 2.05) is 12.3 Å². The Morgan fingerprint density at radius 3 is 2.86 bits per heavy atom. The van der Waals surface area contributed by atoms with Crippen molar-refractivity contribution in [1.29, 1.82) is 0 Å². The van der Waals surface area contributed by atoms with Crippen LogP contribution in [-0.2, 0) is 11.3 Å². The van der Waals surface area contributed by atoms with Gasteiger partial charge in [0, 0.05) is 55.5 Å². The smallest absolute Gasteiger partial charge is 0.194 e. The second kappa shape index (κ2) is 12.1. The fraction of sp³-hybridized carbons (Fsp3) is 0.700. The Morgan fingerprint density at radius 1 is 1.36 bits per heavy atom. The maximum Gasteiger partial charge on any atom is 0.194 e. The summed E-state index contributed by atoms with van der Waals surface area (Å²) in [5, 5.41) is 4.16. The van der Waals surface area contributed by atoms with Gasteiger partial charge in [-0.1, -0.05) is 19.9 Å². The molecule has 6 nitrogen and oxygen atoms in total. The number of pyridine rings is 1. The average molecular weight is 519 g/mol. The predicted octanol–water partition coefficient (Wildman–Crippen LogP) is 3.08. The lowest BCUT2D eigenvalue weighted by atomic mass is 10.1. The predicted molar refractivity (Wildman–Crippen MR) is 130 cm³/mol. The van der Waals surface area contributed by atoms with E-state index < -0.39 is 0 Å². The van der Waals surface area contributed by atoms with Crippen molar-refractivity contribution < 1.29 is 4.74 Å². The number of aliphatic imine (C=N–C) groups is 1. The van der Waals surface area contributed by atoms with Gasteiger partial charge in [0.05, 0.1) is 19.8 Å². The summed E-state index contributed by atoms with van der Waals surface area (Å²) in [6.45, 7) is 13.8. The van der Waals surface area contributed by atoms with E-state index in [0.717, 1.165) is 57.7 Å². The number of rotatable bonds is 5.